The van der Waals surface area contributed by atoms with E-state index in [9.17, 15) is 14.4 Å². The van der Waals surface area contributed by atoms with E-state index in [0.29, 0.717) is 5.75 Å². The molecule has 0 aliphatic carbocycles. The van der Waals surface area contributed by atoms with Crippen LogP contribution in [0.3, 0.4) is 0 Å². The third-order valence-electron chi connectivity index (χ3n) is 2.36. The quantitative estimate of drug-likeness (QED) is 0.655. The van der Waals surface area contributed by atoms with Gasteiger partial charge in [-0.1, -0.05) is 42.1 Å². The second-order valence-electron chi connectivity index (χ2n) is 3.75. The molecule has 2 rings (SSSR count). The largest absolute Gasteiger partial charge is 0.391 e. The molecule has 1 aliphatic rings. The van der Waals surface area contributed by atoms with Crippen LogP contribution in [0.4, 0.5) is 4.79 Å². The lowest BCUT2D eigenvalue weighted by Gasteiger charge is -2.07. The fourth-order valence-electron chi connectivity index (χ4n) is 1.49. The number of ether oxygens (including phenoxy) is 1. The lowest BCUT2D eigenvalue weighted by Crippen LogP contribution is -2.37. The van der Waals surface area contributed by atoms with Crippen LogP contribution in [0, 0.1) is 0 Å². The predicted molar refractivity (Wildman–Crippen MR) is 66.0 cm³/mol. The molecule has 1 amide bonds. The number of nitrogens with one attached hydrogen (secondary N) is 1. The molecular formula is C12H11NO4S. The highest BCUT2D eigenvalue weighted by atomic mass is 32.2. The first-order valence-electron chi connectivity index (χ1n) is 5.37. The molecule has 1 aromatic rings. The van der Waals surface area contributed by atoms with Crippen LogP contribution < -0.4 is 5.32 Å². The molecular weight excluding hydrogens is 254 g/mol. The number of benzene rings is 1. The average Bonchev–Trinajstić information content (AvgIpc) is 2.77. The smallest absolute Gasteiger partial charge is 0.337 e. The number of carbonyl (C=O) groups is 3. The van der Waals surface area contributed by atoms with Gasteiger partial charge in [-0.3, -0.25) is 9.59 Å². The second kappa shape index (κ2) is 5.68. The zero-order chi connectivity index (χ0) is 13.0. The van der Waals surface area contributed by atoms with Gasteiger partial charge in [0.2, 0.25) is 0 Å². The summed E-state index contributed by atoms with van der Waals surface area (Å²) in [6, 6.07) is 8.28. The highest BCUT2D eigenvalue weighted by Gasteiger charge is 2.30. The fraction of sp³-hybridized carbons (Fsp3) is 0.250. The van der Waals surface area contributed by atoms with Crippen LogP contribution >= 0.6 is 11.8 Å². The van der Waals surface area contributed by atoms with Gasteiger partial charge in [-0.2, -0.15) is 0 Å². The predicted octanol–water partition coefficient (Wildman–Crippen LogP) is 1.12. The SMILES string of the molecule is O=C(Cc1ccccc1)OC(=O)C1CSC(=O)N1. The summed E-state index contributed by atoms with van der Waals surface area (Å²) in [6.07, 6.45) is 0.0421. The van der Waals surface area contributed by atoms with Gasteiger partial charge in [0.15, 0.2) is 0 Å². The number of rotatable bonds is 3. The third-order valence-corrected chi connectivity index (χ3v) is 3.24. The van der Waals surface area contributed by atoms with Gasteiger partial charge in [0.05, 0.1) is 6.42 Å². The maximum atomic E-state index is 11.5. The summed E-state index contributed by atoms with van der Waals surface area (Å²) in [7, 11) is 0. The highest BCUT2D eigenvalue weighted by molar-refractivity contribution is 8.14. The van der Waals surface area contributed by atoms with Crippen LogP contribution in [-0.4, -0.2) is 29.0 Å². The molecule has 18 heavy (non-hydrogen) atoms. The van der Waals surface area contributed by atoms with E-state index in [0.717, 1.165) is 17.3 Å². The van der Waals surface area contributed by atoms with Crippen LogP contribution in [0.25, 0.3) is 0 Å². The van der Waals surface area contributed by atoms with Gasteiger partial charge >= 0.3 is 11.9 Å². The lowest BCUT2D eigenvalue weighted by molar-refractivity contribution is -0.160. The van der Waals surface area contributed by atoms with Crippen molar-refractivity contribution in [1.82, 2.24) is 5.32 Å². The van der Waals surface area contributed by atoms with E-state index < -0.39 is 18.0 Å². The highest BCUT2D eigenvalue weighted by Crippen LogP contribution is 2.14. The van der Waals surface area contributed by atoms with Crippen LogP contribution in [0.1, 0.15) is 5.56 Å². The van der Waals surface area contributed by atoms with E-state index >= 15 is 0 Å². The van der Waals surface area contributed by atoms with E-state index in [1.54, 1.807) is 24.3 Å². The van der Waals surface area contributed by atoms with Crippen LogP contribution in [0.15, 0.2) is 30.3 Å². The van der Waals surface area contributed by atoms with E-state index in [2.05, 4.69) is 10.1 Å². The molecule has 1 saturated heterocycles. The van der Waals surface area contributed by atoms with Gasteiger partial charge in [-0.05, 0) is 5.56 Å². The van der Waals surface area contributed by atoms with E-state index in [4.69, 9.17) is 0 Å². The van der Waals surface area contributed by atoms with Crippen molar-refractivity contribution >= 4 is 28.9 Å². The Morgan fingerprint density at radius 3 is 2.67 bits per heavy atom. The molecule has 0 bridgehead atoms. The summed E-state index contributed by atoms with van der Waals surface area (Å²) >= 11 is 1.00. The third kappa shape index (κ3) is 3.33. The Morgan fingerprint density at radius 1 is 1.33 bits per heavy atom. The molecule has 0 aromatic heterocycles. The van der Waals surface area contributed by atoms with Gasteiger partial charge < -0.3 is 10.1 Å². The van der Waals surface area contributed by atoms with Crippen molar-refractivity contribution in [3.05, 3.63) is 35.9 Å². The molecule has 1 aliphatic heterocycles. The van der Waals surface area contributed by atoms with Crippen molar-refractivity contribution in [2.24, 2.45) is 0 Å². The normalized spacial score (nSPS) is 18.2. The topological polar surface area (TPSA) is 72.5 Å². The number of amides is 1. The summed E-state index contributed by atoms with van der Waals surface area (Å²) < 4.78 is 4.68. The maximum absolute atomic E-state index is 11.5. The summed E-state index contributed by atoms with van der Waals surface area (Å²) in [5.74, 6) is -1.01. The number of esters is 2. The van der Waals surface area contributed by atoms with Gasteiger partial charge in [0.25, 0.3) is 5.24 Å². The zero-order valence-electron chi connectivity index (χ0n) is 9.42. The number of carbonyl (C=O) groups excluding carboxylic acids is 3. The number of thioether (sulfide) groups is 1. The van der Waals surface area contributed by atoms with E-state index in [1.807, 2.05) is 6.07 Å². The molecule has 1 atom stereocenters. The molecule has 0 saturated carbocycles. The van der Waals surface area contributed by atoms with E-state index in [-0.39, 0.29) is 11.7 Å². The Balaban J connectivity index is 1.84. The second-order valence-corrected chi connectivity index (χ2v) is 4.74. The van der Waals surface area contributed by atoms with Crippen molar-refractivity contribution in [3.8, 4) is 0 Å². The van der Waals surface area contributed by atoms with Crippen molar-refractivity contribution < 1.29 is 19.1 Å². The standard InChI is InChI=1S/C12H11NO4S/c14-10(6-8-4-2-1-3-5-8)17-11(15)9-7-18-12(16)13-9/h1-5,9H,6-7H2,(H,13,16). The van der Waals surface area contributed by atoms with Crippen LogP contribution in [0.2, 0.25) is 0 Å². The van der Waals surface area contributed by atoms with Gasteiger partial charge in [0.1, 0.15) is 6.04 Å². The molecule has 0 spiro atoms. The van der Waals surface area contributed by atoms with E-state index in [1.165, 1.54) is 0 Å². The molecule has 1 aromatic carbocycles. The Hall–Kier alpha value is -1.82. The molecule has 6 heteroatoms. The maximum Gasteiger partial charge on any atom is 0.337 e. The first-order valence-corrected chi connectivity index (χ1v) is 6.35. The monoisotopic (exact) mass is 265 g/mol. The Morgan fingerprint density at radius 2 is 2.06 bits per heavy atom. The van der Waals surface area contributed by atoms with Crippen LogP contribution in [0.5, 0.6) is 0 Å². The molecule has 94 valence electrons. The van der Waals surface area contributed by atoms with Gasteiger partial charge in [0, 0.05) is 5.75 Å². The number of hydrogen-bond acceptors (Lipinski definition) is 5. The van der Waals surface area contributed by atoms with Crippen molar-refractivity contribution in [2.45, 2.75) is 12.5 Å². The molecule has 1 fully saturated rings. The Kier molecular flexibility index (Phi) is 3.99. The van der Waals surface area contributed by atoms with Gasteiger partial charge in [-0.25, -0.2) is 4.79 Å². The summed E-state index contributed by atoms with van der Waals surface area (Å²) in [5, 5.41) is 2.15. The number of hydrogen-bond donors (Lipinski definition) is 1. The van der Waals surface area contributed by atoms with Crippen molar-refractivity contribution in [2.75, 3.05) is 5.75 Å². The van der Waals surface area contributed by atoms with Crippen molar-refractivity contribution in [1.29, 1.82) is 0 Å². The minimum absolute atomic E-state index is 0.0421. The summed E-state index contributed by atoms with van der Waals surface area (Å²) in [6.45, 7) is 0. The molecule has 5 nitrogen and oxygen atoms in total. The van der Waals surface area contributed by atoms with Crippen LogP contribution in [-0.2, 0) is 20.7 Å². The van der Waals surface area contributed by atoms with Gasteiger partial charge in [-0.15, -0.1) is 0 Å². The Bertz CT molecular complexity index is 474. The Labute approximate surface area is 108 Å². The summed E-state index contributed by atoms with van der Waals surface area (Å²) in [4.78, 5) is 33.9. The first kappa shape index (κ1) is 12.6. The summed E-state index contributed by atoms with van der Waals surface area (Å²) in [5.41, 5.74) is 0.778. The zero-order valence-corrected chi connectivity index (χ0v) is 10.2. The lowest BCUT2D eigenvalue weighted by atomic mass is 10.2. The average molecular weight is 265 g/mol. The molecule has 0 radical (unpaired) electrons. The molecule has 1 heterocycles. The first-order chi connectivity index (χ1) is 8.65. The minimum atomic E-state index is -0.720. The molecule has 1 unspecified atom stereocenters. The minimum Gasteiger partial charge on any atom is -0.391 e. The fourth-order valence-corrected chi connectivity index (χ4v) is 2.26. The van der Waals surface area contributed by atoms with Crippen molar-refractivity contribution in [3.63, 3.8) is 0 Å². The molecule has 1 N–H and O–H groups in total.